The van der Waals surface area contributed by atoms with Gasteiger partial charge in [-0.05, 0) is 57.7 Å². The van der Waals surface area contributed by atoms with Gasteiger partial charge in [-0.2, -0.15) is 5.26 Å². The van der Waals surface area contributed by atoms with Gasteiger partial charge >= 0.3 is 0 Å². The smallest absolute Gasteiger partial charge is 0.255 e. The molecule has 1 saturated heterocycles. The van der Waals surface area contributed by atoms with Crippen LogP contribution in [0.3, 0.4) is 0 Å². The van der Waals surface area contributed by atoms with Gasteiger partial charge in [0.05, 0.1) is 24.6 Å². The lowest BCUT2D eigenvalue weighted by atomic mass is 9.82. The minimum absolute atomic E-state index is 0.0452. The highest BCUT2D eigenvalue weighted by molar-refractivity contribution is 9.12. The summed E-state index contributed by atoms with van der Waals surface area (Å²) < 4.78 is 1.80. The van der Waals surface area contributed by atoms with Crippen LogP contribution in [-0.2, 0) is 0 Å². The molecule has 0 radical (unpaired) electrons. The Morgan fingerprint density at radius 2 is 2.11 bits per heavy atom. The fourth-order valence-corrected chi connectivity index (χ4v) is 4.75. The van der Waals surface area contributed by atoms with Gasteiger partial charge in [0.25, 0.3) is 5.91 Å². The van der Waals surface area contributed by atoms with Gasteiger partial charge < -0.3 is 4.90 Å². The molecule has 96 valence electrons. The third-order valence-corrected chi connectivity index (χ3v) is 5.65. The van der Waals surface area contributed by atoms with Crippen LogP contribution >= 0.6 is 43.2 Å². The molecule has 0 spiro atoms. The van der Waals surface area contributed by atoms with Gasteiger partial charge in [0.15, 0.2) is 0 Å². The van der Waals surface area contributed by atoms with Crippen LogP contribution < -0.4 is 0 Å². The van der Waals surface area contributed by atoms with Crippen LogP contribution in [0.2, 0.25) is 0 Å². The highest BCUT2D eigenvalue weighted by atomic mass is 79.9. The number of rotatable bonds is 1. The lowest BCUT2D eigenvalue weighted by molar-refractivity contribution is 0.0661. The zero-order valence-corrected chi connectivity index (χ0v) is 13.9. The first-order chi connectivity index (χ1) is 8.45. The summed E-state index contributed by atoms with van der Waals surface area (Å²) in [6.45, 7) is 3.28. The van der Waals surface area contributed by atoms with E-state index >= 15 is 0 Å². The zero-order chi connectivity index (χ0) is 13.3. The quantitative estimate of drug-likeness (QED) is 0.724. The maximum Gasteiger partial charge on any atom is 0.255 e. The van der Waals surface area contributed by atoms with Gasteiger partial charge in [0.2, 0.25) is 0 Å². The number of piperidine rings is 1. The van der Waals surface area contributed by atoms with E-state index in [-0.39, 0.29) is 11.3 Å². The first kappa shape index (κ1) is 14.0. The first-order valence-electron chi connectivity index (χ1n) is 5.60. The molecule has 0 aromatic carbocycles. The summed E-state index contributed by atoms with van der Waals surface area (Å²) in [5.74, 6) is 0.0452. The standard InChI is InChI=1S/C12H12Br2N2OS/c1-12(7-15)2-4-16(5-3-12)11(17)8-6-9(13)18-10(8)14/h6H,2-5H2,1H3. The monoisotopic (exact) mass is 390 g/mol. The van der Waals surface area contributed by atoms with Crippen LogP contribution in [-0.4, -0.2) is 23.9 Å². The Morgan fingerprint density at radius 3 is 2.56 bits per heavy atom. The van der Waals surface area contributed by atoms with Crippen molar-refractivity contribution in [3.63, 3.8) is 0 Å². The maximum atomic E-state index is 12.3. The Morgan fingerprint density at radius 1 is 1.50 bits per heavy atom. The van der Waals surface area contributed by atoms with Crippen molar-refractivity contribution in [2.45, 2.75) is 19.8 Å². The molecule has 2 rings (SSSR count). The number of nitriles is 1. The number of hydrogen-bond donors (Lipinski definition) is 0. The van der Waals surface area contributed by atoms with E-state index in [0.29, 0.717) is 18.7 Å². The van der Waals surface area contributed by atoms with Crippen molar-refractivity contribution in [2.24, 2.45) is 5.41 Å². The molecule has 1 aliphatic heterocycles. The van der Waals surface area contributed by atoms with E-state index in [0.717, 1.165) is 20.4 Å². The highest BCUT2D eigenvalue weighted by Gasteiger charge is 2.32. The van der Waals surface area contributed by atoms with Crippen molar-refractivity contribution < 1.29 is 4.79 Å². The fraction of sp³-hybridized carbons (Fsp3) is 0.500. The van der Waals surface area contributed by atoms with Crippen molar-refractivity contribution in [2.75, 3.05) is 13.1 Å². The number of amides is 1. The highest BCUT2D eigenvalue weighted by Crippen LogP contribution is 2.35. The van der Waals surface area contributed by atoms with Gasteiger partial charge in [-0.25, -0.2) is 0 Å². The van der Waals surface area contributed by atoms with E-state index in [2.05, 4.69) is 37.9 Å². The van der Waals surface area contributed by atoms with Crippen molar-refractivity contribution in [1.82, 2.24) is 4.90 Å². The average molecular weight is 392 g/mol. The van der Waals surface area contributed by atoms with E-state index in [1.165, 1.54) is 11.3 Å². The molecular formula is C12H12Br2N2OS. The van der Waals surface area contributed by atoms with E-state index in [1.54, 1.807) is 0 Å². The Kier molecular flexibility index (Phi) is 4.15. The summed E-state index contributed by atoms with van der Waals surface area (Å²) in [7, 11) is 0. The molecule has 3 nitrogen and oxygen atoms in total. The SMILES string of the molecule is CC1(C#N)CCN(C(=O)c2cc(Br)sc2Br)CC1. The zero-order valence-electron chi connectivity index (χ0n) is 9.87. The first-order valence-corrected chi connectivity index (χ1v) is 8.01. The maximum absolute atomic E-state index is 12.3. The van der Waals surface area contributed by atoms with Gasteiger partial charge in [0.1, 0.15) is 0 Å². The molecule has 1 fully saturated rings. The van der Waals surface area contributed by atoms with Crippen LogP contribution in [0.5, 0.6) is 0 Å². The molecule has 1 amide bonds. The topological polar surface area (TPSA) is 44.1 Å². The minimum Gasteiger partial charge on any atom is -0.338 e. The van der Waals surface area contributed by atoms with Crippen molar-refractivity contribution >= 4 is 49.1 Å². The summed E-state index contributed by atoms with van der Waals surface area (Å²) >= 11 is 8.29. The molecule has 0 saturated carbocycles. The van der Waals surface area contributed by atoms with Crippen LogP contribution in [0.1, 0.15) is 30.1 Å². The Bertz CT molecular complexity index is 513. The average Bonchev–Trinajstić information content (AvgIpc) is 2.69. The predicted octanol–water partition coefficient (Wildman–Crippen LogP) is 4.04. The van der Waals surface area contributed by atoms with Crippen molar-refractivity contribution in [1.29, 1.82) is 5.26 Å². The normalized spacial score (nSPS) is 18.4. The van der Waals surface area contributed by atoms with Gasteiger partial charge in [-0.1, -0.05) is 0 Å². The lowest BCUT2D eigenvalue weighted by Crippen LogP contribution is -2.41. The summed E-state index contributed by atoms with van der Waals surface area (Å²) in [5, 5.41) is 9.07. The summed E-state index contributed by atoms with van der Waals surface area (Å²) in [5.41, 5.74) is 0.427. The van der Waals surface area contributed by atoms with E-state index in [4.69, 9.17) is 5.26 Å². The van der Waals surface area contributed by atoms with Crippen molar-refractivity contribution in [3.05, 3.63) is 19.2 Å². The molecule has 2 heterocycles. The largest absolute Gasteiger partial charge is 0.338 e. The number of carbonyl (C=O) groups is 1. The fourth-order valence-electron chi connectivity index (χ4n) is 1.97. The molecule has 0 atom stereocenters. The van der Waals surface area contributed by atoms with Crippen LogP contribution in [0.15, 0.2) is 13.6 Å². The molecular weight excluding hydrogens is 380 g/mol. The number of thiophene rings is 1. The molecule has 1 aliphatic rings. The minimum atomic E-state index is -0.275. The Hall–Kier alpha value is -0.380. The number of carbonyl (C=O) groups excluding carboxylic acids is 1. The molecule has 0 bridgehead atoms. The third kappa shape index (κ3) is 2.79. The molecule has 6 heteroatoms. The molecule has 1 aromatic heterocycles. The number of hydrogen-bond acceptors (Lipinski definition) is 3. The Labute approximate surface area is 127 Å². The van der Waals surface area contributed by atoms with Crippen LogP contribution in [0.25, 0.3) is 0 Å². The van der Waals surface area contributed by atoms with Gasteiger partial charge in [0, 0.05) is 13.1 Å². The van der Waals surface area contributed by atoms with E-state index < -0.39 is 0 Å². The van der Waals surface area contributed by atoms with E-state index in [9.17, 15) is 4.79 Å². The number of halogens is 2. The number of likely N-dealkylation sites (tertiary alicyclic amines) is 1. The third-order valence-electron chi connectivity index (χ3n) is 3.31. The molecule has 0 N–H and O–H groups in total. The second-order valence-electron chi connectivity index (χ2n) is 4.70. The summed E-state index contributed by atoms with van der Waals surface area (Å²) in [6.07, 6.45) is 1.50. The molecule has 0 unspecified atom stereocenters. The second-order valence-corrected chi connectivity index (χ2v) is 8.45. The molecule has 0 aliphatic carbocycles. The van der Waals surface area contributed by atoms with Crippen molar-refractivity contribution in [3.8, 4) is 6.07 Å². The summed E-state index contributed by atoms with van der Waals surface area (Å²) in [4.78, 5) is 14.2. The second kappa shape index (κ2) is 5.32. The molecule has 18 heavy (non-hydrogen) atoms. The van der Waals surface area contributed by atoms with E-state index in [1.807, 2.05) is 17.9 Å². The molecule has 1 aromatic rings. The number of nitrogens with zero attached hydrogens (tertiary/aromatic N) is 2. The predicted molar refractivity (Wildman–Crippen MR) is 78.6 cm³/mol. The summed E-state index contributed by atoms with van der Waals surface area (Å²) in [6, 6.07) is 4.18. The van der Waals surface area contributed by atoms with Crippen LogP contribution in [0, 0.1) is 16.7 Å². The lowest BCUT2D eigenvalue weighted by Gasteiger charge is -2.34. The van der Waals surface area contributed by atoms with Gasteiger partial charge in [-0.3, -0.25) is 4.79 Å². The van der Waals surface area contributed by atoms with Crippen LogP contribution in [0.4, 0.5) is 0 Å². The van der Waals surface area contributed by atoms with Gasteiger partial charge in [-0.15, -0.1) is 11.3 Å². The Balaban J connectivity index is 2.09.